The molecule has 0 saturated heterocycles. The molecule has 0 unspecified atom stereocenters. The van der Waals surface area contributed by atoms with Crippen molar-refractivity contribution in [3.63, 3.8) is 0 Å². The average molecular weight is 233 g/mol. The van der Waals surface area contributed by atoms with Crippen molar-refractivity contribution in [2.45, 2.75) is 16.2 Å². The number of nitriles is 1. The molecule has 0 aliphatic rings. The van der Waals surface area contributed by atoms with Crippen molar-refractivity contribution < 1.29 is 0 Å². The summed E-state index contributed by atoms with van der Waals surface area (Å²) in [5, 5.41) is 17.7. The SMILES string of the molecule is Cc1nnc(Sc2cccc(C#N)c2)s1. The van der Waals surface area contributed by atoms with E-state index in [1.807, 2.05) is 25.1 Å². The zero-order chi connectivity index (χ0) is 10.7. The molecule has 0 radical (unpaired) electrons. The highest BCUT2D eigenvalue weighted by atomic mass is 32.2. The molecule has 2 aromatic rings. The summed E-state index contributed by atoms with van der Waals surface area (Å²) < 4.78 is 0.905. The Hall–Kier alpha value is -1.38. The van der Waals surface area contributed by atoms with Crippen molar-refractivity contribution in [3.05, 3.63) is 34.8 Å². The topological polar surface area (TPSA) is 49.6 Å². The number of rotatable bonds is 2. The van der Waals surface area contributed by atoms with E-state index in [4.69, 9.17) is 5.26 Å². The van der Waals surface area contributed by atoms with E-state index in [0.29, 0.717) is 5.56 Å². The summed E-state index contributed by atoms with van der Waals surface area (Å²) in [4.78, 5) is 1.02. The van der Waals surface area contributed by atoms with Crippen LogP contribution < -0.4 is 0 Å². The van der Waals surface area contributed by atoms with Gasteiger partial charge >= 0.3 is 0 Å². The minimum absolute atomic E-state index is 0.668. The number of hydrogen-bond acceptors (Lipinski definition) is 5. The summed E-state index contributed by atoms with van der Waals surface area (Å²) in [6.45, 7) is 1.92. The highest BCUT2D eigenvalue weighted by Crippen LogP contribution is 2.30. The maximum absolute atomic E-state index is 8.75. The Morgan fingerprint density at radius 2 is 2.27 bits per heavy atom. The van der Waals surface area contributed by atoms with E-state index in [9.17, 15) is 0 Å². The third-order valence-corrected chi connectivity index (χ3v) is 3.56. The quantitative estimate of drug-likeness (QED) is 0.800. The van der Waals surface area contributed by atoms with Gasteiger partial charge < -0.3 is 0 Å². The first-order valence-corrected chi connectivity index (χ1v) is 5.89. The van der Waals surface area contributed by atoms with Gasteiger partial charge in [0, 0.05) is 4.90 Å². The summed E-state index contributed by atoms with van der Waals surface area (Å²) in [6, 6.07) is 9.58. The average Bonchev–Trinajstić information content (AvgIpc) is 2.64. The van der Waals surface area contributed by atoms with Crippen molar-refractivity contribution in [2.24, 2.45) is 0 Å². The zero-order valence-corrected chi connectivity index (χ0v) is 9.60. The minimum atomic E-state index is 0.668. The molecule has 0 atom stereocenters. The highest BCUT2D eigenvalue weighted by molar-refractivity contribution is 8.01. The molecule has 15 heavy (non-hydrogen) atoms. The summed E-state index contributed by atoms with van der Waals surface area (Å²) in [5.41, 5.74) is 0.668. The lowest BCUT2D eigenvalue weighted by atomic mass is 10.2. The molecule has 3 nitrogen and oxygen atoms in total. The molecule has 0 saturated carbocycles. The van der Waals surface area contributed by atoms with Crippen LogP contribution in [0.3, 0.4) is 0 Å². The molecule has 0 fully saturated rings. The fourth-order valence-electron chi connectivity index (χ4n) is 1.05. The lowest BCUT2D eigenvalue weighted by molar-refractivity contribution is 0.984. The van der Waals surface area contributed by atoms with Gasteiger partial charge in [-0.15, -0.1) is 10.2 Å². The largest absolute Gasteiger partial charge is 0.192 e. The molecule has 5 heteroatoms. The Morgan fingerprint density at radius 3 is 2.93 bits per heavy atom. The van der Waals surface area contributed by atoms with Crippen LogP contribution in [0.4, 0.5) is 0 Å². The normalized spacial score (nSPS) is 9.87. The van der Waals surface area contributed by atoms with Gasteiger partial charge in [0.15, 0.2) is 4.34 Å². The fourth-order valence-corrected chi connectivity index (χ4v) is 2.90. The molecule has 0 amide bonds. The van der Waals surface area contributed by atoms with E-state index in [1.165, 1.54) is 11.8 Å². The van der Waals surface area contributed by atoms with Crippen molar-refractivity contribution >= 4 is 23.1 Å². The maximum atomic E-state index is 8.75. The van der Waals surface area contributed by atoms with Gasteiger partial charge in [-0.2, -0.15) is 5.26 Å². The number of nitrogens with zero attached hydrogens (tertiary/aromatic N) is 3. The van der Waals surface area contributed by atoms with Gasteiger partial charge in [-0.05, 0) is 25.1 Å². The molecule has 1 heterocycles. The molecule has 0 bridgehead atoms. The standard InChI is InChI=1S/C10H7N3S2/c1-7-12-13-10(14-7)15-9-4-2-3-8(5-9)6-11/h2-5H,1H3. The zero-order valence-electron chi connectivity index (χ0n) is 7.97. The minimum Gasteiger partial charge on any atom is -0.192 e. The Morgan fingerprint density at radius 1 is 1.40 bits per heavy atom. The molecule has 0 spiro atoms. The van der Waals surface area contributed by atoms with Gasteiger partial charge in [-0.1, -0.05) is 29.2 Å². The summed E-state index contributed by atoms with van der Waals surface area (Å²) in [7, 11) is 0. The van der Waals surface area contributed by atoms with Gasteiger partial charge in [0.25, 0.3) is 0 Å². The van der Waals surface area contributed by atoms with E-state index in [-0.39, 0.29) is 0 Å². The molecule has 1 aromatic carbocycles. The van der Waals surface area contributed by atoms with E-state index >= 15 is 0 Å². The van der Waals surface area contributed by atoms with Gasteiger partial charge in [0.1, 0.15) is 5.01 Å². The first-order valence-electron chi connectivity index (χ1n) is 4.26. The predicted octanol–water partition coefficient (Wildman–Crippen LogP) is 2.87. The molecular weight excluding hydrogens is 226 g/mol. The van der Waals surface area contributed by atoms with Crippen molar-refractivity contribution in [1.29, 1.82) is 5.26 Å². The van der Waals surface area contributed by atoms with Gasteiger partial charge in [-0.25, -0.2) is 0 Å². The number of aromatic nitrogens is 2. The third-order valence-electron chi connectivity index (χ3n) is 1.68. The van der Waals surface area contributed by atoms with Gasteiger partial charge in [0.05, 0.1) is 11.6 Å². The molecule has 0 aliphatic heterocycles. The van der Waals surface area contributed by atoms with Gasteiger partial charge in [-0.3, -0.25) is 0 Å². The first-order chi connectivity index (χ1) is 7.28. The Kier molecular flexibility index (Phi) is 2.99. The monoisotopic (exact) mass is 233 g/mol. The van der Waals surface area contributed by atoms with Crippen LogP contribution >= 0.6 is 23.1 Å². The van der Waals surface area contributed by atoms with Gasteiger partial charge in [0.2, 0.25) is 0 Å². The Labute approximate surface area is 95.8 Å². The summed E-state index contributed by atoms with van der Waals surface area (Å²) >= 11 is 3.09. The second kappa shape index (κ2) is 4.43. The van der Waals surface area contributed by atoms with E-state index in [1.54, 1.807) is 17.4 Å². The molecular formula is C10H7N3S2. The Bertz CT molecular complexity index is 513. The molecule has 0 aliphatic carbocycles. The van der Waals surface area contributed by atoms with Crippen LogP contribution in [0.2, 0.25) is 0 Å². The molecule has 0 N–H and O–H groups in total. The molecule has 1 aromatic heterocycles. The van der Waals surface area contributed by atoms with Crippen LogP contribution in [-0.4, -0.2) is 10.2 Å². The van der Waals surface area contributed by atoms with Crippen LogP contribution in [-0.2, 0) is 0 Å². The third kappa shape index (κ3) is 2.55. The fraction of sp³-hybridized carbons (Fsp3) is 0.100. The molecule has 74 valence electrons. The van der Waals surface area contributed by atoms with Crippen molar-refractivity contribution in [3.8, 4) is 6.07 Å². The number of hydrogen-bond donors (Lipinski definition) is 0. The number of aryl methyl sites for hydroxylation is 1. The summed E-state index contributed by atoms with van der Waals surface area (Å²) in [6.07, 6.45) is 0. The lowest BCUT2D eigenvalue weighted by Gasteiger charge is -1.96. The Balaban J connectivity index is 2.21. The number of benzene rings is 1. The van der Waals surface area contributed by atoms with Crippen LogP contribution in [0.1, 0.15) is 10.6 Å². The van der Waals surface area contributed by atoms with E-state index < -0.39 is 0 Å². The first kappa shape index (κ1) is 10.1. The van der Waals surface area contributed by atoms with Crippen LogP contribution in [0, 0.1) is 18.3 Å². The van der Waals surface area contributed by atoms with Crippen LogP contribution in [0.5, 0.6) is 0 Å². The predicted molar refractivity (Wildman–Crippen MR) is 59.9 cm³/mol. The summed E-state index contributed by atoms with van der Waals surface area (Å²) in [5.74, 6) is 0. The smallest absolute Gasteiger partial charge is 0.179 e. The second-order valence-corrected chi connectivity index (χ2v) is 5.33. The maximum Gasteiger partial charge on any atom is 0.179 e. The van der Waals surface area contributed by atoms with Crippen molar-refractivity contribution in [2.75, 3.05) is 0 Å². The van der Waals surface area contributed by atoms with E-state index in [0.717, 1.165) is 14.2 Å². The lowest BCUT2D eigenvalue weighted by Crippen LogP contribution is -1.76. The molecule has 2 rings (SSSR count). The van der Waals surface area contributed by atoms with Crippen LogP contribution in [0.25, 0.3) is 0 Å². The highest BCUT2D eigenvalue weighted by Gasteiger charge is 2.03. The van der Waals surface area contributed by atoms with E-state index in [2.05, 4.69) is 16.3 Å². The second-order valence-electron chi connectivity index (χ2n) is 2.83. The van der Waals surface area contributed by atoms with Crippen molar-refractivity contribution in [1.82, 2.24) is 10.2 Å². The van der Waals surface area contributed by atoms with Crippen LogP contribution in [0.15, 0.2) is 33.5 Å².